The average molecular weight is 260 g/mol. The van der Waals surface area contributed by atoms with Crippen molar-refractivity contribution in [1.82, 2.24) is 10.2 Å². The molecule has 100 valence electrons. The van der Waals surface area contributed by atoms with Gasteiger partial charge in [0.15, 0.2) is 11.5 Å². The van der Waals surface area contributed by atoms with Crippen molar-refractivity contribution in [2.75, 3.05) is 13.2 Å². The van der Waals surface area contributed by atoms with E-state index in [1.54, 1.807) is 0 Å². The Balaban J connectivity index is 1.78. The number of hydrogen-bond donors (Lipinski definition) is 0. The zero-order valence-electron chi connectivity index (χ0n) is 11.0. The minimum atomic E-state index is 0.251. The summed E-state index contributed by atoms with van der Waals surface area (Å²) in [4.78, 5) is 0. The molecule has 1 aliphatic rings. The highest BCUT2D eigenvalue weighted by Crippen LogP contribution is 2.31. The van der Waals surface area contributed by atoms with Crippen molar-refractivity contribution in [3.05, 3.63) is 35.5 Å². The van der Waals surface area contributed by atoms with Crippen LogP contribution < -0.4 is 9.47 Å². The average Bonchev–Trinajstić information content (AvgIpc) is 2.87. The highest BCUT2D eigenvalue weighted by Gasteiger charge is 2.14. The molecule has 1 aliphatic heterocycles. The van der Waals surface area contributed by atoms with Gasteiger partial charge >= 0.3 is 0 Å². The zero-order chi connectivity index (χ0) is 13.2. The summed E-state index contributed by atoms with van der Waals surface area (Å²) >= 11 is 0. The molecular formula is C14H16N2O3. The van der Waals surface area contributed by atoms with E-state index in [0.29, 0.717) is 31.4 Å². The Hall–Kier alpha value is -2.04. The van der Waals surface area contributed by atoms with Crippen LogP contribution in [0.1, 0.15) is 37.1 Å². The monoisotopic (exact) mass is 260 g/mol. The lowest BCUT2D eigenvalue weighted by Gasteiger charge is -2.18. The molecule has 0 saturated heterocycles. The molecule has 1 aromatic heterocycles. The summed E-state index contributed by atoms with van der Waals surface area (Å²) < 4.78 is 16.6. The van der Waals surface area contributed by atoms with Crippen LogP contribution in [0.2, 0.25) is 0 Å². The smallest absolute Gasteiger partial charge is 0.220 e. The largest absolute Gasteiger partial charge is 0.486 e. The lowest BCUT2D eigenvalue weighted by atomic mass is 10.1. The van der Waals surface area contributed by atoms with Crippen molar-refractivity contribution in [2.45, 2.75) is 26.2 Å². The molecular weight excluding hydrogens is 244 g/mol. The van der Waals surface area contributed by atoms with Gasteiger partial charge in [-0.3, -0.25) is 0 Å². The summed E-state index contributed by atoms with van der Waals surface area (Å²) in [7, 11) is 0. The molecule has 2 heterocycles. The van der Waals surface area contributed by atoms with E-state index < -0.39 is 0 Å². The van der Waals surface area contributed by atoms with E-state index in [-0.39, 0.29) is 5.92 Å². The molecule has 5 nitrogen and oxygen atoms in total. The molecule has 1 aromatic carbocycles. The topological polar surface area (TPSA) is 57.4 Å². The summed E-state index contributed by atoms with van der Waals surface area (Å²) in [6.45, 7) is 5.25. The molecule has 0 N–H and O–H groups in total. The van der Waals surface area contributed by atoms with Crippen molar-refractivity contribution in [3.63, 3.8) is 0 Å². The lowest BCUT2D eigenvalue weighted by molar-refractivity contribution is 0.171. The van der Waals surface area contributed by atoms with E-state index in [1.807, 2.05) is 32.0 Å². The highest BCUT2D eigenvalue weighted by molar-refractivity contribution is 5.44. The van der Waals surface area contributed by atoms with Gasteiger partial charge in [0.05, 0.1) is 6.42 Å². The van der Waals surface area contributed by atoms with Crippen molar-refractivity contribution in [1.29, 1.82) is 0 Å². The van der Waals surface area contributed by atoms with Gasteiger partial charge in [0.2, 0.25) is 11.8 Å². The van der Waals surface area contributed by atoms with Crippen LogP contribution >= 0.6 is 0 Å². The van der Waals surface area contributed by atoms with E-state index in [9.17, 15) is 0 Å². The third-order valence-corrected chi connectivity index (χ3v) is 2.94. The molecule has 0 aliphatic carbocycles. The van der Waals surface area contributed by atoms with Gasteiger partial charge in [-0.25, -0.2) is 0 Å². The first-order chi connectivity index (χ1) is 9.22. The second-order valence-corrected chi connectivity index (χ2v) is 4.84. The maximum atomic E-state index is 5.60. The van der Waals surface area contributed by atoms with E-state index in [2.05, 4.69) is 10.2 Å². The van der Waals surface area contributed by atoms with Crippen LogP contribution in [0.3, 0.4) is 0 Å². The Morgan fingerprint density at radius 1 is 1.11 bits per heavy atom. The van der Waals surface area contributed by atoms with Crippen molar-refractivity contribution in [2.24, 2.45) is 0 Å². The number of ether oxygens (including phenoxy) is 2. The minimum absolute atomic E-state index is 0.251. The van der Waals surface area contributed by atoms with Gasteiger partial charge < -0.3 is 13.9 Å². The van der Waals surface area contributed by atoms with Crippen molar-refractivity contribution in [3.8, 4) is 11.5 Å². The number of hydrogen-bond acceptors (Lipinski definition) is 5. The molecule has 3 rings (SSSR count). The first kappa shape index (κ1) is 12.0. The number of aromatic nitrogens is 2. The molecule has 0 bridgehead atoms. The van der Waals surface area contributed by atoms with E-state index in [0.717, 1.165) is 17.1 Å². The van der Waals surface area contributed by atoms with Gasteiger partial charge in [-0.1, -0.05) is 19.9 Å². The summed E-state index contributed by atoms with van der Waals surface area (Å²) in [6, 6.07) is 5.88. The van der Waals surface area contributed by atoms with Crippen molar-refractivity contribution < 1.29 is 13.9 Å². The summed E-state index contributed by atoms with van der Waals surface area (Å²) in [5.74, 6) is 3.13. The quantitative estimate of drug-likeness (QED) is 0.848. The second kappa shape index (κ2) is 4.91. The lowest BCUT2D eigenvalue weighted by Crippen LogP contribution is -2.15. The predicted molar refractivity (Wildman–Crippen MR) is 68.6 cm³/mol. The molecule has 0 fully saturated rings. The first-order valence-electron chi connectivity index (χ1n) is 6.43. The molecule has 0 saturated carbocycles. The molecule has 19 heavy (non-hydrogen) atoms. The second-order valence-electron chi connectivity index (χ2n) is 4.84. The fourth-order valence-electron chi connectivity index (χ4n) is 1.94. The van der Waals surface area contributed by atoms with Crippen molar-refractivity contribution >= 4 is 0 Å². The van der Waals surface area contributed by atoms with Gasteiger partial charge in [0, 0.05) is 5.92 Å². The van der Waals surface area contributed by atoms with Crippen LogP contribution in [0.4, 0.5) is 0 Å². The molecule has 5 heteroatoms. The van der Waals surface area contributed by atoms with Gasteiger partial charge in [-0.05, 0) is 17.7 Å². The number of nitrogens with zero attached hydrogens (tertiary/aromatic N) is 2. The summed E-state index contributed by atoms with van der Waals surface area (Å²) in [6.07, 6.45) is 0.607. The molecule has 0 atom stereocenters. The van der Waals surface area contributed by atoms with Crippen LogP contribution in [0, 0.1) is 0 Å². The number of fused-ring (bicyclic) bond motifs is 1. The molecule has 0 spiro atoms. The maximum Gasteiger partial charge on any atom is 0.220 e. The van der Waals surface area contributed by atoms with Crippen LogP contribution in [-0.4, -0.2) is 23.4 Å². The highest BCUT2D eigenvalue weighted by atomic mass is 16.6. The molecule has 2 aromatic rings. The molecule has 0 unspecified atom stereocenters. The summed E-state index contributed by atoms with van der Waals surface area (Å²) in [5.41, 5.74) is 1.07. The fourth-order valence-corrected chi connectivity index (χ4v) is 1.94. The van der Waals surface area contributed by atoms with E-state index in [4.69, 9.17) is 13.9 Å². The Bertz CT molecular complexity index is 578. The van der Waals surface area contributed by atoms with E-state index in [1.165, 1.54) is 0 Å². The van der Waals surface area contributed by atoms with Gasteiger partial charge in [-0.2, -0.15) is 0 Å². The van der Waals surface area contributed by atoms with Crippen LogP contribution in [-0.2, 0) is 6.42 Å². The Morgan fingerprint density at radius 3 is 2.63 bits per heavy atom. The fraction of sp³-hybridized carbons (Fsp3) is 0.429. The maximum absolute atomic E-state index is 5.60. The number of benzene rings is 1. The Labute approximate surface area is 111 Å². The summed E-state index contributed by atoms with van der Waals surface area (Å²) in [5, 5.41) is 8.08. The Kier molecular flexibility index (Phi) is 3.11. The van der Waals surface area contributed by atoms with Crippen LogP contribution in [0.25, 0.3) is 0 Å². The van der Waals surface area contributed by atoms with Gasteiger partial charge in [0.25, 0.3) is 0 Å². The molecule has 0 amide bonds. The number of rotatable bonds is 3. The molecule has 0 radical (unpaired) electrons. The minimum Gasteiger partial charge on any atom is -0.486 e. The third-order valence-electron chi connectivity index (χ3n) is 2.94. The van der Waals surface area contributed by atoms with E-state index >= 15 is 0 Å². The van der Waals surface area contributed by atoms with Crippen LogP contribution in [0.5, 0.6) is 11.5 Å². The SMILES string of the molecule is CC(C)c1nnc(Cc2ccc3c(c2)OCCO3)o1. The predicted octanol–water partition coefficient (Wildman–Crippen LogP) is 2.56. The first-order valence-corrected chi connectivity index (χ1v) is 6.43. The Morgan fingerprint density at radius 2 is 1.89 bits per heavy atom. The van der Waals surface area contributed by atoms with Crippen LogP contribution in [0.15, 0.2) is 22.6 Å². The standard InChI is InChI=1S/C14H16N2O3/c1-9(2)14-16-15-13(19-14)8-10-3-4-11-12(7-10)18-6-5-17-11/h3-4,7,9H,5-6,8H2,1-2H3. The normalized spacial score (nSPS) is 13.8. The van der Waals surface area contributed by atoms with Gasteiger partial charge in [0.1, 0.15) is 13.2 Å². The zero-order valence-corrected chi connectivity index (χ0v) is 11.0. The van der Waals surface area contributed by atoms with Gasteiger partial charge in [-0.15, -0.1) is 10.2 Å². The third kappa shape index (κ3) is 2.54.